The summed E-state index contributed by atoms with van der Waals surface area (Å²) in [5.41, 5.74) is 1.59. The standard InChI is InChI=1S/C38H42FN5O5/c1-6-40-24-28(34(45)27-20-29(39)33(21-32(27)40)41-16-18-42(19-17-41)37(48)49-38(3,4)5)36(47)43-22-25(2)35(46)44(23-26-12-8-7-9-13-26)31-15-11-10-14-30(31)43/h7-15,20-21,24-25H,6,16-19,22-23H2,1-5H3. The van der Waals surface area contributed by atoms with E-state index in [1.54, 1.807) is 39.5 Å². The molecule has 0 spiro atoms. The smallest absolute Gasteiger partial charge is 0.410 e. The van der Waals surface area contributed by atoms with E-state index in [2.05, 4.69) is 0 Å². The fraction of sp³-hybridized carbons (Fsp3) is 0.368. The van der Waals surface area contributed by atoms with Gasteiger partial charge >= 0.3 is 6.09 Å². The van der Waals surface area contributed by atoms with Crippen LogP contribution in [0, 0.1) is 11.7 Å². The summed E-state index contributed by atoms with van der Waals surface area (Å²) in [5.74, 6) is -1.81. The van der Waals surface area contributed by atoms with Crippen LogP contribution in [0.5, 0.6) is 0 Å². The lowest BCUT2D eigenvalue weighted by Gasteiger charge is -2.37. The number of halogens is 1. The third-order valence-electron chi connectivity index (χ3n) is 9.03. The molecule has 2 aliphatic rings. The summed E-state index contributed by atoms with van der Waals surface area (Å²) in [6.45, 7) is 11.4. The van der Waals surface area contributed by atoms with E-state index in [1.807, 2.05) is 75.1 Å². The Labute approximate surface area is 285 Å². The molecule has 1 unspecified atom stereocenters. The van der Waals surface area contributed by atoms with Gasteiger partial charge in [0.2, 0.25) is 11.3 Å². The SMILES string of the molecule is CCn1cc(C(=O)N2CC(C)C(=O)N(Cc3ccccc3)c3ccccc32)c(=O)c2cc(F)c(N3CCN(C(=O)OC(C)(C)C)CC3)cc21. The maximum Gasteiger partial charge on any atom is 0.410 e. The van der Waals surface area contributed by atoms with Crippen LogP contribution >= 0.6 is 0 Å². The predicted octanol–water partition coefficient (Wildman–Crippen LogP) is 6.05. The summed E-state index contributed by atoms with van der Waals surface area (Å²) in [6.07, 6.45) is 1.13. The van der Waals surface area contributed by atoms with Gasteiger partial charge in [-0.25, -0.2) is 9.18 Å². The Morgan fingerprint density at radius 3 is 2.20 bits per heavy atom. The quantitative estimate of drug-likeness (QED) is 0.257. The molecule has 1 aromatic heterocycles. The number of para-hydroxylation sites is 2. The number of fused-ring (bicyclic) bond motifs is 2. The summed E-state index contributed by atoms with van der Waals surface area (Å²) < 4.78 is 23.1. The first-order valence-corrected chi connectivity index (χ1v) is 16.7. The minimum Gasteiger partial charge on any atom is -0.444 e. The molecule has 2 aliphatic heterocycles. The van der Waals surface area contributed by atoms with Crippen molar-refractivity contribution in [1.82, 2.24) is 9.47 Å². The number of hydrogen-bond acceptors (Lipinski definition) is 6. The van der Waals surface area contributed by atoms with Crippen molar-refractivity contribution in [3.05, 3.63) is 100 Å². The number of ether oxygens (including phenoxy) is 1. The van der Waals surface area contributed by atoms with Crippen molar-refractivity contribution in [2.75, 3.05) is 47.4 Å². The van der Waals surface area contributed by atoms with Crippen LogP contribution in [0.3, 0.4) is 0 Å². The van der Waals surface area contributed by atoms with Crippen LogP contribution in [0.25, 0.3) is 10.9 Å². The van der Waals surface area contributed by atoms with Gasteiger partial charge in [-0.15, -0.1) is 0 Å². The number of piperazine rings is 1. The second-order valence-electron chi connectivity index (χ2n) is 13.6. The average molecular weight is 668 g/mol. The number of carbonyl (C=O) groups is 3. The maximum absolute atomic E-state index is 15.8. The van der Waals surface area contributed by atoms with Crippen LogP contribution in [0.1, 0.15) is 50.5 Å². The highest BCUT2D eigenvalue weighted by atomic mass is 19.1. The molecule has 6 rings (SSSR count). The largest absolute Gasteiger partial charge is 0.444 e. The van der Waals surface area contributed by atoms with Crippen LogP contribution in [0.15, 0.2) is 77.7 Å². The number of hydrogen-bond donors (Lipinski definition) is 0. The fourth-order valence-corrected chi connectivity index (χ4v) is 6.53. The lowest BCUT2D eigenvalue weighted by Crippen LogP contribution is -2.50. The molecule has 3 heterocycles. The van der Waals surface area contributed by atoms with Gasteiger partial charge in [-0.05, 0) is 57.5 Å². The lowest BCUT2D eigenvalue weighted by atomic mass is 10.1. The molecule has 0 bridgehead atoms. The zero-order valence-electron chi connectivity index (χ0n) is 28.6. The molecule has 0 N–H and O–H groups in total. The first-order chi connectivity index (χ1) is 23.4. The lowest BCUT2D eigenvalue weighted by molar-refractivity contribution is -0.121. The molecule has 49 heavy (non-hydrogen) atoms. The zero-order chi connectivity index (χ0) is 35.0. The molecular formula is C38H42FN5O5. The van der Waals surface area contributed by atoms with Gasteiger partial charge < -0.3 is 28.9 Å². The molecule has 0 radical (unpaired) electrons. The van der Waals surface area contributed by atoms with Gasteiger partial charge in [-0.3, -0.25) is 14.4 Å². The maximum atomic E-state index is 15.8. The van der Waals surface area contributed by atoms with Crippen molar-refractivity contribution in [2.24, 2.45) is 5.92 Å². The van der Waals surface area contributed by atoms with E-state index in [9.17, 15) is 19.2 Å². The van der Waals surface area contributed by atoms with Gasteiger partial charge in [-0.2, -0.15) is 0 Å². The molecule has 0 saturated carbocycles. The highest BCUT2D eigenvalue weighted by molar-refractivity contribution is 6.12. The highest BCUT2D eigenvalue weighted by Crippen LogP contribution is 2.36. The van der Waals surface area contributed by atoms with Gasteiger partial charge in [-0.1, -0.05) is 49.4 Å². The molecule has 11 heteroatoms. The molecule has 0 aliphatic carbocycles. The van der Waals surface area contributed by atoms with E-state index in [4.69, 9.17) is 4.74 Å². The molecule has 3 amide bonds. The van der Waals surface area contributed by atoms with E-state index in [0.29, 0.717) is 61.8 Å². The van der Waals surface area contributed by atoms with Crippen molar-refractivity contribution in [3.63, 3.8) is 0 Å². The molecule has 3 aromatic carbocycles. The number of pyridine rings is 1. The number of nitrogens with zero attached hydrogens (tertiary/aromatic N) is 5. The third-order valence-corrected chi connectivity index (χ3v) is 9.03. The van der Waals surface area contributed by atoms with Gasteiger partial charge in [0.15, 0.2) is 0 Å². The predicted molar refractivity (Wildman–Crippen MR) is 189 cm³/mol. The summed E-state index contributed by atoms with van der Waals surface area (Å²) in [4.78, 5) is 61.3. The molecule has 1 atom stereocenters. The summed E-state index contributed by atoms with van der Waals surface area (Å²) in [7, 11) is 0. The Morgan fingerprint density at radius 1 is 0.898 bits per heavy atom. The monoisotopic (exact) mass is 667 g/mol. The van der Waals surface area contributed by atoms with Crippen LogP contribution in [0.4, 0.5) is 26.2 Å². The van der Waals surface area contributed by atoms with E-state index < -0.39 is 34.8 Å². The molecule has 10 nitrogen and oxygen atoms in total. The van der Waals surface area contributed by atoms with Gasteiger partial charge in [0.1, 0.15) is 17.0 Å². The van der Waals surface area contributed by atoms with Gasteiger partial charge in [0, 0.05) is 50.9 Å². The van der Waals surface area contributed by atoms with Crippen LogP contribution in [0.2, 0.25) is 0 Å². The number of aromatic nitrogens is 1. The fourth-order valence-electron chi connectivity index (χ4n) is 6.53. The van der Waals surface area contributed by atoms with Crippen molar-refractivity contribution in [3.8, 4) is 0 Å². The van der Waals surface area contributed by atoms with Crippen LogP contribution < -0.4 is 20.1 Å². The zero-order valence-corrected chi connectivity index (χ0v) is 28.6. The summed E-state index contributed by atoms with van der Waals surface area (Å²) in [6, 6.07) is 19.7. The minimum atomic E-state index is -0.613. The van der Waals surface area contributed by atoms with Crippen molar-refractivity contribution >= 4 is 45.9 Å². The Balaban J connectivity index is 1.33. The van der Waals surface area contributed by atoms with Gasteiger partial charge in [0.25, 0.3) is 5.91 Å². The summed E-state index contributed by atoms with van der Waals surface area (Å²) in [5, 5.41) is 0.0966. The average Bonchev–Trinajstić information content (AvgIpc) is 3.18. The number of anilines is 3. The van der Waals surface area contributed by atoms with E-state index in [1.165, 1.54) is 17.2 Å². The molecule has 1 saturated heterocycles. The minimum absolute atomic E-state index is 0.0755. The van der Waals surface area contributed by atoms with Gasteiger partial charge in [0.05, 0.1) is 35.0 Å². The first kappa shape index (κ1) is 33.7. The second-order valence-corrected chi connectivity index (χ2v) is 13.6. The Kier molecular flexibility index (Phi) is 9.20. The van der Waals surface area contributed by atoms with E-state index >= 15 is 4.39 Å². The first-order valence-electron chi connectivity index (χ1n) is 16.7. The van der Waals surface area contributed by atoms with Crippen molar-refractivity contribution in [1.29, 1.82) is 0 Å². The summed E-state index contributed by atoms with van der Waals surface area (Å²) >= 11 is 0. The Bertz CT molecular complexity index is 1960. The van der Waals surface area contributed by atoms with Crippen molar-refractivity contribution < 1.29 is 23.5 Å². The number of amides is 3. The molecule has 256 valence electrons. The Morgan fingerprint density at radius 2 is 1.55 bits per heavy atom. The number of rotatable bonds is 5. The van der Waals surface area contributed by atoms with Crippen LogP contribution in [-0.4, -0.2) is 65.7 Å². The number of benzene rings is 3. The molecular weight excluding hydrogens is 625 g/mol. The highest BCUT2D eigenvalue weighted by Gasteiger charge is 2.35. The second kappa shape index (κ2) is 13.4. The third kappa shape index (κ3) is 6.75. The Hall–Kier alpha value is -5.19. The van der Waals surface area contributed by atoms with E-state index in [-0.39, 0.29) is 23.4 Å². The number of carbonyl (C=O) groups excluding carboxylic acids is 3. The molecule has 4 aromatic rings. The van der Waals surface area contributed by atoms with E-state index in [0.717, 1.165) is 5.56 Å². The number of aryl methyl sites for hydroxylation is 1. The normalized spacial score (nSPS) is 16.9. The van der Waals surface area contributed by atoms with Crippen LogP contribution in [-0.2, 0) is 22.6 Å². The van der Waals surface area contributed by atoms with Crippen molar-refractivity contribution in [2.45, 2.75) is 53.3 Å². The molecule has 1 fully saturated rings. The topological polar surface area (TPSA) is 95.4 Å².